The molecule has 0 bridgehead atoms. The van der Waals surface area contributed by atoms with Crippen molar-refractivity contribution in [2.45, 2.75) is 11.4 Å². The molecule has 0 heterocycles. The average Bonchev–Trinajstić information content (AvgIpc) is 2.75. The van der Waals surface area contributed by atoms with Crippen LogP contribution in [0.4, 0.5) is 0 Å². The summed E-state index contributed by atoms with van der Waals surface area (Å²) in [5.74, 6) is 0.512. The lowest BCUT2D eigenvalue weighted by molar-refractivity contribution is -0.124. The number of amides is 1. The van der Waals surface area contributed by atoms with Gasteiger partial charge >= 0.3 is 0 Å². The second kappa shape index (κ2) is 9.92. The number of nitrogens with one attached hydrogen (secondary N) is 2. The van der Waals surface area contributed by atoms with Crippen molar-refractivity contribution < 1.29 is 32.6 Å². The zero-order valence-electron chi connectivity index (χ0n) is 16.1. The maximum absolute atomic E-state index is 12.6. The summed E-state index contributed by atoms with van der Waals surface area (Å²) in [5, 5.41) is 8.50. The summed E-state index contributed by atoms with van der Waals surface area (Å²) in [6.45, 7) is -0.00790. The van der Waals surface area contributed by atoms with Crippen LogP contribution in [0.1, 0.15) is 11.1 Å². The number of benzene rings is 2. The first-order valence-electron chi connectivity index (χ1n) is 8.35. The summed E-state index contributed by atoms with van der Waals surface area (Å²) >= 11 is 0. The first-order valence-corrected chi connectivity index (χ1v) is 9.83. The van der Waals surface area contributed by atoms with E-state index < -0.39 is 15.9 Å². The van der Waals surface area contributed by atoms with E-state index in [0.29, 0.717) is 28.4 Å². The number of carbonyl (C=O) groups is 1. The molecular weight excluding hydrogens is 400 g/mol. The van der Waals surface area contributed by atoms with Gasteiger partial charge in [0, 0.05) is 12.6 Å². The zero-order chi connectivity index (χ0) is 21.4. The first kappa shape index (κ1) is 22.2. The minimum Gasteiger partial charge on any atom is -0.493 e. The molecule has 10 heteroatoms. The van der Waals surface area contributed by atoms with Crippen LogP contribution in [0, 0.1) is 0 Å². The Morgan fingerprint density at radius 3 is 2.28 bits per heavy atom. The van der Waals surface area contributed by atoms with Crippen molar-refractivity contribution in [2.75, 3.05) is 21.3 Å². The summed E-state index contributed by atoms with van der Waals surface area (Å²) in [4.78, 5) is 11.1. The number of hydrogen-bond acceptors (Lipinski definition) is 7. The molecule has 0 unspecified atom stereocenters. The molecule has 0 aliphatic rings. The Morgan fingerprint density at radius 1 is 1.07 bits per heavy atom. The van der Waals surface area contributed by atoms with Crippen molar-refractivity contribution >= 4 is 22.0 Å². The standard InChI is InChI=1S/C19H22N2O7S/c1-26-16-10-14(11-17(27-2)19(16)28-3)12-20-29(24,25)15-6-4-5-13(9-15)7-8-18(22)21-23/h4-11,20,23H,12H2,1-3H3,(H,21,22). The maximum Gasteiger partial charge on any atom is 0.267 e. The van der Waals surface area contributed by atoms with E-state index in [2.05, 4.69) is 4.72 Å². The van der Waals surface area contributed by atoms with Crippen molar-refractivity contribution in [2.24, 2.45) is 0 Å². The van der Waals surface area contributed by atoms with Crippen molar-refractivity contribution in [3.8, 4) is 17.2 Å². The Morgan fingerprint density at radius 2 is 1.72 bits per heavy atom. The largest absolute Gasteiger partial charge is 0.493 e. The van der Waals surface area contributed by atoms with Crippen LogP contribution in [0.2, 0.25) is 0 Å². The predicted molar refractivity (Wildman–Crippen MR) is 106 cm³/mol. The van der Waals surface area contributed by atoms with Gasteiger partial charge in [-0.2, -0.15) is 0 Å². The van der Waals surface area contributed by atoms with Gasteiger partial charge < -0.3 is 14.2 Å². The molecule has 0 aromatic heterocycles. The molecule has 156 valence electrons. The lowest BCUT2D eigenvalue weighted by Crippen LogP contribution is -2.23. The highest BCUT2D eigenvalue weighted by Gasteiger charge is 2.17. The van der Waals surface area contributed by atoms with E-state index in [1.165, 1.54) is 45.0 Å². The van der Waals surface area contributed by atoms with E-state index in [4.69, 9.17) is 19.4 Å². The van der Waals surface area contributed by atoms with Crippen LogP contribution >= 0.6 is 0 Å². The minimum absolute atomic E-state index is 0.00790. The number of ether oxygens (including phenoxy) is 3. The van der Waals surface area contributed by atoms with Gasteiger partial charge in [0.1, 0.15) is 0 Å². The molecule has 0 aliphatic heterocycles. The Labute approximate surface area is 168 Å². The molecule has 0 spiro atoms. The van der Waals surface area contributed by atoms with Crippen LogP contribution in [-0.4, -0.2) is 40.9 Å². The number of rotatable bonds is 9. The van der Waals surface area contributed by atoms with E-state index in [-0.39, 0.29) is 11.4 Å². The van der Waals surface area contributed by atoms with Crippen LogP contribution in [0.25, 0.3) is 6.08 Å². The predicted octanol–water partition coefficient (Wildman–Crippen LogP) is 1.71. The van der Waals surface area contributed by atoms with Gasteiger partial charge in [0.05, 0.1) is 26.2 Å². The quantitative estimate of drug-likeness (QED) is 0.319. The van der Waals surface area contributed by atoms with E-state index in [9.17, 15) is 13.2 Å². The van der Waals surface area contributed by atoms with Gasteiger partial charge in [-0.1, -0.05) is 12.1 Å². The molecule has 0 saturated heterocycles. The second-order valence-corrected chi connectivity index (χ2v) is 7.51. The normalized spacial score (nSPS) is 11.3. The molecule has 29 heavy (non-hydrogen) atoms. The topological polar surface area (TPSA) is 123 Å². The molecule has 0 radical (unpaired) electrons. The molecule has 0 fully saturated rings. The Balaban J connectivity index is 2.22. The molecule has 1 amide bonds. The highest BCUT2D eigenvalue weighted by atomic mass is 32.2. The van der Waals surface area contributed by atoms with Gasteiger partial charge in [-0.3, -0.25) is 10.0 Å². The van der Waals surface area contributed by atoms with Crippen molar-refractivity contribution in [3.63, 3.8) is 0 Å². The molecule has 0 saturated carbocycles. The average molecular weight is 422 g/mol. The van der Waals surface area contributed by atoms with Gasteiger partial charge in [-0.05, 0) is 41.5 Å². The summed E-state index contributed by atoms with van der Waals surface area (Å²) in [6, 6.07) is 9.30. The van der Waals surface area contributed by atoms with Crippen molar-refractivity contribution in [3.05, 3.63) is 53.6 Å². The van der Waals surface area contributed by atoms with Gasteiger partial charge in [0.2, 0.25) is 15.8 Å². The van der Waals surface area contributed by atoms with Crippen molar-refractivity contribution in [1.82, 2.24) is 10.2 Å². The van der Waals surface area contributed by atoms with Crippen LogP contribution < -0.4 is 24.4 Å². The minimum atomic E-state index is -3.83. The summed E-state index contributed by atoms with van der Waals surface area (Å²) in [5.41, 5.74) is 2.55. The number of sulfonamides is 1. The summed E-state index contributed by atoms with van der Waals surface area (Å²) in [6.07, 6.45) is 2.46. The van der Waals surface area contributed by atoms with Crippen LogP contribution in [0.3, 0.4) is 0 Å². The van der Waals surface area contributed by atoms with Gasteiger partial charge in [0.15, 0.2) is 11.5 Å². The number of carbonyl (C=O) groups excluding carboxylic acids is 1. The van der Waals surface area contributed by atoms with Crippen LogP contribution in [0.5, 0.6) is 17.2 Å². The Hall–Kier alpha value is -3.08. The molecule has 3 N–H and O–H groups in total. The second-order valence-electron chi connectivity index (χ2n) is 5.74. The maximum atomic E-state index is 12.6. The Bertz CT molecular complexity index is 978. The molecule has 2 aromatic rings. The van der Waals surface area contributed by atoms with Crippen LogP contribution in [-0.2, 0) is 21.4 Å². The molecule has 2 rings (SSSR count). The van der Waals surface area contributed by atoms with E-state index >= 15 is 0 Å². The van der Waals surface area contributed by atoms with Crippen molar-refractivity contribution in [1.29, 1.82) is 0 Å². The highest BCUT2D eigenvalue weighted by Crippen LogP contribution is 2.38. The summed E-state index contributed by atoms with van der Waals surface area (Å²) < 4.78 is 43.6. The zero-order valence-corrected chi connectivity index (χ0v) is 16.9. The number of hydroxylamine groups is 1. The Kier molecular flexibility index (Phi) is 7.59. The summed E-state index contributed by atoms with van der Waals surface area (Å²) in [7, 11) is 0.601. The molecule has 2 aromatic carbocycles. The fourth-order valence-electron chi connectivity index (χ4n) is 2.49. The molecule has 9 nitrogen and oxygen atoms in total. The molecular formula is C19H22N2O7S. The van der Waals surface area contributed by atoms with Gasteiger partial charge in [-0.25, -0.2) is 18.6 Å². The van der Waals surface area contributed by atoms with E-state index in [1.54, 1.807) is 24.3 Å². The third-order valence-electron chi connectivity index (χ3n) is 3.90. The van der Waals surface area contributed by atoms with Gasteiger partial charge in [-0.15, -0.1) is 0 Å². The lowest BCUT2D eigenvalue weighted by Gasteiger charge is -2.14. The third kappa shape index (κ3) is 5.70. The van der Waals surface area contributed by atoms with Gasteiger partial charge in [0.25, 0.3) is 5.91 Å². The highest BCUT2D eigenvalue weighted by molar-refractivity contribution is 7.89. The fraction of sp³-hybridized carbons (Fsp3) is 0.211. The third-order valence-corrected chi connectivity index (χ3v) is 5.30. The van der Waals surface area contributed by atoms with Crippen LogP contribution in [0.15, 0.2) is 47.4 Å². The first-order chi connectivity index (χ1) is 13.8. The van der Waals surface area contributed by atoms with E-state index in [0.717, 1.165) is 6.08 Å². The molecule has 0 atom stereocenters. The monoisotopic (exact) mass is 422 g/mol. The SMILES string of the molecule is COc1cc(CNS(=O)(=O)c2cccc(C=CC(=O)NO)c2)cc(OC)c1OC. The van der Waals surface area contributed by atoms with E-state index in [1.807, 2.05) is 0 Å². The molecule has 0 aliphatic carbocycles. The smallest absolute Gasteiger partial charge is 0.267 e. The number of hydrogen-bond donors (Lipinski definition) is 3. The fourth-order valence-corrected chi connectivity index (χ4v) is 3.57. The lowest BCUT2D eigenvalue weighted by atomic mass is 10.2. The number of methoxy groups -OCH3 is 3.